The minimum absolute atomic E-state index is 0.543. The fourth-order valence-electron chi connectivity index (χ4n) is 0.989. The molecule has 0 saturated carbocycles. The number of hydrogen-bond acceptors (Lipinski definition) is 3. The van der Waals surface area contributed by atoms with Crippen molar-refractivity contribution in [3.8, 4) is 11.3 Å². The summed E-state index contributed by atoms with van der Waals surface area (Å²) in [6, 6.07) is 2.07. The summed E-state index contributed by atoms with van der Waals surface area (Å²) in [6.07, 6.45) is 0. The third-order valence-electron chi connectivity index (χ3n) is 1.58. The highest BCUT2D eigenvalue weighted by Gasteiger charge is 2.06. The Morgan fingerprint density at radius 3 is 3.00 bits per heavy atom. The maximum absolute atomic E-state index is 5.76. The molecule has 0 amide bonds. The van der Waals surface area contributed by atoms with Gasteiger partial charge in [-0.1, -0.05) is 0 Å². The standard InChI is InChI=1S/C8H6ClNS2/c9-3-7-5-12-10-8(7)6-1-2-11-4-6/h1-2,4-5H,3H2. The Hall–Kier alpha value is -0.380. The van der Waals surface area contributed by atoms with Gasteiger partial charge in [0.2, 0.25) is 0 Å². The first kappa shape index (κ1) is 8.23. The molecular weight excluding hydrogens is 210 g/mol. The van der Waals surface area contributed by atoms with E-state index in [0.29, 0.717) is 5.88 Å². The van der Waals surface area contributed by atoms with Gasteiger partial charge in [0.05, 0.1) is 11.6 Å². The summed E-state index contributed by atoms with van der Waals surface area (Å²) >= 11 is 8.90. The molecule has 2 aromatic rings. The molecule has 4 heteroatoms. The minimum atomic E-state index is 0.543. The molecule has 0 aliphatic heterocycles. The summed E-state index contributed by atoms with van der Waals surface area (Å²) in [6.45, 7) is 0. The van der Waals surface area contributed by atoms with Crippen LogP contribution in [0.4, 0.5) is 0 Å². The van der Waals surface area contributed by atoms with Gasteiger partial charge in [-0.05, 0) is 23.0 Å². The van der Waals surface area contributed by atoms with Crippen LogP contribution in [0.15, 0.2) is 22.2 Å². The Kier molecular flexibility index (Phi) is 2.44. The van der Waals surface area contributed by atoms with Gasteiger partial charge < -0.3 is 0 Å². The highest BCUT2D eigenvalue weighted by Crippen LogP contribution is 2.26. The van der Waals surface area contributed by atoms with Crippen LogP contribution in [-0.4, -0.2) is 4.37 Å². The van der Waals surface area contributed by atoms with Crippen molar-refractivity contribution in [2.45, 2.75) is 5.88 Å². The molecule has 0 fully saturated rings. The summed E-state index contributed by atoms with van der Waals surface area (Å²) in [4.78, 5) is 0. The number of hydrogen-bond donors (Lipinski definition) is 0. The summed E-state index contributed by atoms with van der Waals surface area (Å²) in [5.41, 5.74) is 3.34. The third-order valence-corrected chi connectivity index (χ3v) is 3.23. The molecule has 0 aliphatic rings. The monoisotopic (exact) mass is 215 g/mol. The Morgan fingerprint density at radius 2 is 2.33 bits per heavy atom. The summed E-state index contributed by atoms with van der Waals surface area (Å²) in [5, 5.41) is 6.14. The zero-order valence-electron chi connectivity index (χ0n) is 6.16. The van der Waals surface area contributed by atoms with E-state index >= 15 is 0 Å². The van der Waals surface area contributed by atoms with Crippen molar-refractivity contribution < 1.29 is 0 Å². The van der Waals surface area contributed by atoms with Crippen molar-refractivity contribution in [2.75, 3.05) is 0 Å². The molecule has 0 aromatic carbocycles. The molecule has 0 saturated heterocycles. The smallest absolute Gasteiger partial charge is 0.0893 e. The molecule has 0 unspecified atom stereocenters. The number of halogens is 1. The Labute approximate surface area is 83.8 Å². The van der Waals surface area contributed by atoms with Crippen LogP contribution in [0, 0.1) is 0 Å². The van der Waals surface area contributed by atoms with Crippen LogP contribution in [-0.2, 0) is 5.88 Å². The molecule has 2 aromatic heterocycles. The molecule has 62 valence electrons. The van der Waals surface area contributed by atoms with Gasteiger partial charge in [-0.3, -0.25) is 0 Å². The van der Waals surface area contributed by atoms with Crippen LogP contribution < -0.4 is 0 Å². The predicted octanol–water partition coefficient (Wildman–Crippen LogP) is 3.61. The van der Waals surface area contributed by atoms with E-state index in [2.05, 4.69) is 15.8 Å². The highest BCUT2D eigenvalue weighted by molar-refractivity contribution is 7.08. The van der Waals surface area contributed by atoms with Crippen LogP contribution >= 0.6 is 34.5 Å². The molecule has 12 heavy (non-hydrogen) atoms. The van der Waals surface area contributed by atoms with E-state index in [4.69, 9.17) is 11.6 Å². The van der Waals surface area contributed by atoms with Gasteiger partial charge in [0.15, 0.2) is 0 Å². The molecule has 0 atom stereocenters. The van der Waals surface area contributed by atoms with Crippen LogP contribution in [0.2, 0.25) is 0 Å². The number of thiophene rings is 1. The lowest BCUT2D eigenvalue weighted by atomic mass is 10.2. The lowest BCUT2D eigenvalue weighted by Crippen LogP contribution is -1.78. The van der Waals surface area contributed by atoms with Crippen molar-refractivity contribution in [1.29, 1.82) is 0 Å². The van der Waals surface area contributed by atoms with Crippen molar-refractivity contribution in [1.82, 2.24) is 4.37 Å². The van der Waals surface area contributed by atoms with E-state index in [9.17, 15) is 0 Å². The topological polar surface area (TPSA) is 12.9 Å². The first-order valence-electron chi connectivity index (χ1n) is 3.43. The SMILES string of the molecule is ClCc1csnc1-c1ccsc1. The average Bonchev–Trinajstić information content (AvgIpc) is 2.74. The number of nitrogens with zero attached hydrogens (tertiary/aromatic N) is 1. The lowest BCUT2D eigenvalue weighted by Gasteiger charge is -1.93. The zero-order chi connectivity index (χ0) is 8.39. The highest BCUT2D eigenvalue weighted by atomic mass is 35.5. The van der Waals surface area contributed by atoms with Crippen molar-refractivity contribution in [3.05, 3.63) is 27.8 Å². The van der Waals surface area contributed by atoms with Crippen LogP contribution in [0.3, 0.4) is 0 Å². The molecule has 0 spiro atoms. The Morgan fingerprint density at radius 1 is 1.42 bits per heavy atom. The van der Waals surface area contributed by atoms with Gasteiger partial charge in [0.1, 0.15) is 0 Å². The lowest BCUT2D eigenvalue weighted by molar-refractivity contribution is 1.40. The van der Waals surface area contributed by atoms with E-state index in [0.717, 1.165) is 11.3 Å². The maximum atomic E-state index is 5.76. The fraction of sp³-hybridized carbons (Fsp3) is 0.125. The molecule has 2 heterocycles. The summed E-state index contributed by atoms with van der Waals surface area (Å²) in [7, 11) is 0. The number of aromatic nitrogens is 1. The van der Waals surface area contributed by atoms with Gasteiger partial charge in [0, 0.05) is 21.9 Å². The molecule has 0 N–H and O–H groups in total. The van der Waals surface area contributed by atoms with Gasteiger partial charge in [-0.15, -0.1) is 11.6 Å². The molecule has 1 nitrogen and oxygen atoms in total. The first-order valence-corrected chi connectivity index (χ1v) is 5.75. The molecular formula is C8H6ClNS2. The van der Waals surface area contributed by atoms with E-state index < -0.39 is 0 Å². The Balaban J connectivity index is 2.46. The van der Waals surface area contributed by atoms with E-state index in [-0.39, 0.29) is 0 Å². The van der Waals surface area contributed by atoms with Crippen molar-refractivity contribution in [3.63, 3.8) is 0 Å². The predicted molar refractivity (Wildman–Crippen MR) is 55.0 cm³/mol. The fourth-order valence-corrected chi connectivity index (χ4v) is 2.63. The summed E-state index contributed by atoms with van der Waals surface area (Å²) in [5.74, 6) is 0.543. The molecule has 0 bridgehead atoms. The Bertz CT molecular complexity index is 353. The van der Waals surface area contributed by atoms with E-state index in [1.54, 1.807) is 11.3 Å². The second-order valence-corrected chi connectivity index (χ2v) is 4.01. The second-order valence-electron chi connectivity index (χ2n) is 2.33. The van der Waals surface area contributed by atoms with Crippen molar-refractivity contribution >= 4 is 34.5 Å². The van der Waals surface area contributed by atoms with Crippen molar-refractivity contribution in [2.24, 2.45) is 0 Å². The number of rotatable bonds is 2. The van der Waals surface area contributed by atoms with Gasteiger partial charge in [-0.25, -0.2) is 0 Å². The molecule has 0 aliphatic carbocycles. The van der Waals surface area contributed by atoms with Crippen LogP contribution in [0.25, 0.3) is 11.3 Å². The normalized spacial score (nSPS) is 10.4. The quantitative estimate of drug-likeness (QED) is 0.698. The maximum Gasteiger partial charge on any atom is 0.0893 e. The second kappa shape index (κ2) is 3.56. The molecule has 2 rings (SSSR count). The van der Waals surface area contributed by atoms with Gasteiger partial charge >= 0.3 is 0 Å². The van der Waals surface area contributed by atoms with Gasteiger partial charge in [-0.2, -0.15) is 15.7 Å². The molecule has 0 radical (unpaired) electrons. The van der Waals surface area contributed by atoms with Crippen LogP contribution in [0.1, 0.15) is 5.56 Å². The van der Waals surface area contributed by atoms with E-state index in [1.807, 2.05) is 10.8 Å². The average molecular weight is 216 g/mol. The van der Waals surface area contributed by atoms with E-state index in [1.165, 1.54) is 17.1 Å². The van der Waals surface area contributed by atoms with Crippen LogP contribution in [0.5, 0.6) is 0 Å². The van der Waals surface area contributed by atoms with Gasteiger partial charge in [0.25, 0.3) is 0 Å². The minimum Gasteiger partial charge on any atom is -0.192 e. The summed E-state index contributed by atoms with van der Waals surface area (Å²) < 4.78 is 4.29. The largest absolute Gasteiger partial charge is 0.192 e. The number of alkyl halides is 1. The zero-order valence-corrected chi connectivity index (χ0v) is 8.55. The first-order chi connectivity index (χ1) is 5.92. The third kappa shape index (κ3) is 1.40.